The Balaban J connectivity index is 0.000000168. The first kappa shape index (κ1) is 34.7. The molecule has 0 saturated heterocycles. The van der Waals surface area contributed by atoms with E-state index in [-0.39, 0.29) is 17.6 Å². The second-order valence-corrected chi connectivity index (χ2v) is 11.9. The number of aliphatic imine (C=N–C) groups is 4. The van der Waals surface area contributed by atoms with Crippen LogP contribution in [-0.2, 0) is 0 Å². The Bertz CT molecular complexity index is 2140. The lowest BCUT2D eigenvalue weighted by atomic mass is 10.1. The van der Waals surface area contributed by atoms with E-state index < -0.39 is 0 Å². The lowest BCUT2D eigenvalue weighted by molar-refractivity contribution is 0.101. The second-order valence-electron chi connectivity index (χ2n) is 11.9. The molecule has 2 aromatic heterocycles. The van der Waals surface area contributed by atoms with Gasteiger partial charge in [0, 0.05) is 42.7 Å². The van der Waals surface area contributed by atoms with Crippen LogP contribution in [0.15, 0.2) is 65.2 Å². The number of hydrogen-bond donors (Lipinski definition) is 3. The molecule has 4 aliphatic heterocycles. The van der Waals surface area contributed by atoms with Gasteiger partial charge in [0.25, 0.3) is 11.8 Å². The van der Waals surface area contributed by atoms with E-state index in [1.54, 1.807) is 32.6 Å². The average molecular weight is 693 g/mol. The van der Waals surface area contributed by atoms with Crippen LogP contribution >= 0.6 is 0 Å². The van der Waals surface area contributed by atoms with Crippen molar-refractivity contribution in [1.82, 2.24) is 9.80 Å². The Hall–Kier alpha value is -6.18. The average Bonchev–Trinajstić information content (AvgIpc) is 3.90. The van der Waals surface area contributed by atoms with E-state index >= 15 is 0 Å². The number of nitrogens with one attached hydrogen (secondary N) is 2. The topological polar surface area (TPSA) is 170 Å². The van der Waals surface area contributed by atoms with Gasteiger partial charge in [-0.25, -0.2) is 9.98 Å². The highest BCUT2D eigenvalue weighted by Crippen LogP contribution is 2.36. The Morgan fingerprint density at radius 2 is 1.33 bits per heavy atom. The maximum absolute atomic E-state index is 12.9. The van der Waals surface area contributed by atoms with E-state index in [1.807, 2.05) is 55.7 Å². The molecule has 0 spiro atoms. The van der Waals surface area contributed by atoms with Gasteiger partial charge in [0.05, 0.1) is 42.5 Å². The van der Waals surface area contributed by atoms with Crippen LogP contribution in [0, 0.1) is 27.7 Å². The third kappa shape index (κ3) is 6.72. The minimum absolute atomic E-state index is 0.00321. The molecule has 264 valence electrons. The smallest absolute Gasteiger partial charge is 0.260 e. The van der Waals surface area contributed by atoms with Crippen LogP contribution in [0.4, 0.5) is 23.1 Å². The number of aryl methyl sites for hydroxylation is 4. The van der Waals surface area contributed by atoms with Gasteiger partial charge < -0.3 is 39.1 Å². The number of phenols is 1. The van der Waals surface area contributed by atoms with E-state index in [0.717, 1.165) is 35.7 Å². The van der Waals surface area contributed by atoms with Crippen molar-refractivity contribution in [2.45, 2.75) is 41.5 Å². The van der Waals surface area contributed by atoms with Crippen LogP contribution < -0.4 is 15.4 Å². The van der Waals surface area contributed by atoms with Gasteiger partial charge in [-0.05, 0) is 39.3 Å². The van der Waals surface area contributed by atoms with Crippen molar-refractivity contribution < 1.29 is 28.3 Å². The highest BCUT2D eigenvalue weighted by atomic mass is 16.5. The minimum atomic E-state index is -0.359. The summed E-state index contributed by atoms with van der Waals surface area (Å²) in [6, 6.07) is 10.5. The molecular weight excluding hydrogens is 652 g/mol. The molecule has 0 saturated carbocycles. The summed E-state index contributed by atoms with van der Waals surface area (Å²) < 4.78 is 16.4. The van der Waals surface area contributed by atoms with Gasteiger partial charge in [-0.1, -0.05) is 31.5 Å². The number of phenolic OH excluding ortho intramolecular Hbond substituents is 1. The Kier molecular flexibility index (Phi) is 9.76. The van der Waals surface area contributed by atoms with Gasteiger partial charge in [0.1, 0.15) is 47.4 Å². The summed E-state index contributed by atoms with van der Waals surface area (Å²) in [5, 5.41) is 15.5. The van der Waals surface area contributed by atoms with Crippen molar-refractivity contribution in [3.8, 4) is 11.5 Å². The van der Waals surface area contributed by atoms with Crippen LogP contribution in [-0.4, -0.2) is 84.4 Å². The SMILES string of the molecule is CC.COc1cc(O)cc(NC(=O)c2c(C)oc3c2C2=NCCN2C=N3)c1.Cc1ccc(NC(=O)c2c(C)oc3c2C2=NCCN2C=N3)c(C)c1. The molecule has 51 heavy (non-hydrogen) atoms. The normalized spacial score (nSPS) is 14.5. The summed E-state index contributed by atoms with van der Waals surface area (Å²) in [5.74, 6) is 3.19. The number of hydrogen-bond acceptors (Lipinski definition) is 12. The number of benzene rings is 2. The van der Waals surface area contributed by atoms with E-state index in [9.17, 15) is 14.7 Å². The molecule has 4 aromatic rings. The molecule has 3 N–H and O–H groups in total. The third-order valence-electron chi connectivity index (χ3n) is 8.43. The zero-order chi connectivity index (χ0) is 36.4. The monoisotopic (exact) mass is 692 g/mol. The fourth-order valence-electron chi connectivity index (χ4n) is 6.14. The molecule has 14 nitrogen and oxygen atoms in total. The summed E-state index contributed by atoms with van der Waals surface area (Å²) >= 11 is 0. The molecule has 2 amide bonds. The number of ether oxygens (including phenoxy) is 1. The first-order valence-electron chi connectivity index (χ1n) is 16.7. The fourth-order valence-corrected chi connectivity index (χ4v) is 6.14. The standard InChI is InChI=1S/C18H18N4O2.C17H16N4O4.C2H6/c1-10-4-5-13(11(2)8-10)21-17(23)14-12(3)24-18-15(14)16-19-6-7-22(16)9-20-18;1-9-13(14-15-18-3-4-21(15)8-19-17(14)25-9)16(23)20-10-5-11(22)7-12(6-10)24-2;1-2/h4-5,8-9H,6-7H2,1-3H3,(H,21,23);5-8,22H,3-4H2,1-2H3,(H,20,23);1-2H3. The zero-order valence-corrected chi connectivity index (χ0v) is 29.6. The maximum Gasteiger partial charge on any atom is 0.260 e. The van der Waals surface area contributed by atoms with Crippen LogP contribution in [0.5, 0.6) is 11.5 Å². The van der Waals surface area contributed by atoms with Gasteiger partial charge in [0.2, 0.25) is 11.8 Å². The van der Waals surface area contributed by atoms with Crippen molar-refractivity contribution in [1.29, 1.82) is 0 Å². The summed E-state index contributed by atoms with van der Waals surface area (Å²) in [7, 11) is 1.49. The third-order valence-corrected chi connectivity index (χ3v) is 8.43. The largest absolute Gasteiger partial charge is 0.508 e. The lowest BCUT2D eigenvalue weighted by Crippen LogP contribution is -2.30. The van der Waals surface area contributed by atoms with Gasteiger partial charge in [-0.2, -0.15) is 0 Å². The van der Waals surface area contributed by atoms with Gasteiger partial charge in [-0.15, -0.1) is 0 Å². The van der Waals surface area contributed by atoms with Crippen molar-refractivity contribution in [2.75, 3.05) is 43.9 Å². The van der Waals surface area contributed by atoms with E-state index in [0.29, 0.717) is 75.9 Å². The van der Waals surface area contributed by atoms with Crippen LogP contribution in [0.25, 0.3) is 0 Å². The number of carbonyl (C=O) groups excluding carboxylic acids is 2. The number of nitrogens with zero attached hydrogens (tertiary/aromatic N) is 6. The van der Waals surface area contributed by atoms with Gasteiger partial charge in [0.15, 0.2) is 0 Å². The molecule has 0 fully saturated rings. The molecule has 8 rings (SSSR count). The number of fused-ring (bicyclic) bond motifs is 6. The molecule has 4 aliphatic rings. The molecule has 0 radical (unpaired) electrons. The van der Waals surface area contributed by atoms with Crippen molar-refractivity contribution in [2.24, 2.45) is 20.0 Å². The Morgan fingerprint density at radius 3 is 1.86 bits per heavy atom. The van der Waals surface area contributed by atoms with E-state index in [1.165, 1.54) is 19.2 Å². The Morgan fingerprint density at radius 1 is 0.784 bits per heavy atom. The highest BCUT2D eigenvalue weighted by Gasteiger charge is 2.35. The number of amides is 2. The number of rotatable bonds is 5. The molecule has 0 bridgehead atoms. The molecular formula is C37H40N8O6. The number of anilines is 2. The van der Waals surface area contributed by atoms with Crippen molar-refractivity contribution in [3.63, 3.8) is 0 Å². The molecule has 2 aromatic carbocycles. The van der Waals surface area contributed by atoms with E-state index in [2.05, 4.69) is 30.6 Å². The maximum atomic E-state index is 12.9. The molecule has 0 aliphatic carbocycles. The minimum Gasteiger partial charge on any atom is -0.508 e. The second kappa shape index (κ2) is 14.4. The number of amidine groups is 2. The predicted molar refractivity (Wildman–Crippen MR) is 197 cm³/mol. The molecule has 0 unspecified atom stereocenters. The van der Waals surface area contributed by atoms with Gasteiger partial charge >= 0.3 is 0 Å². The number of furan rings is 2. The summed E-state index contributed by atoms with van der Waals surface area (Å²) in [6.45, 7) is 14.4. The number of methoxy groups -OCH3 is 1. The lowest BCUT2D eigenvalue weighted by Gasteiger charge is -2.18. The fraction of sp³-hybridized carbons (Fsp3) is 0.297. The first-order chi connectivity index (χ1) is 24.6. The van der Waals surface area contributed by atoms with Gasteiger partial charge in [-0.3, -0.25) is 19.6 Å². The van der Waals surface area contributed by atoms with Crippen molar-refractivity contribution >= 4 is 59.3 Å². The van der Waals surface area contributed by atoms with Crippen LogP contribution in [0.3, 0.4) is 0 Å². The highest BCUT2D eigenvalue weighted by molar-refractivity contribution is 6.20. The van der Waals surface area contributed by atoms with Crippen molar-refractivity contribution in [3.05, 3.63) is 81.3 Å². The van der Waals surface area contributed by atoms with E-state index in [4.69, 9.17) is 13.6 Å². The Labute approximate surface area is 295 Å². The quantitative estimate of drug-likeness (QED) is 0.213. The number of carbonyl (C=O) groups is 2. The van der Waals surface area contributed by atoms with Crippen LogP contribution in [0.2, 0.25) is 0 Å². The molecule has 0 atom stereocenters. The zero-order valence-electron chi connectivity index (χ0n) is 29.6. The molecule has 6 heterocycles. The summed E-state index contributed by atoms with van der Waals surface area (Å²) in [4.78, 5) is 47.1. The predicted octanol–water partition coefficient (Wildman–Crippen LogP) is 6.51. The van der Waals surface area contributed by atoms with Crippen LogP contribution in [0.1, 0.15) is 68.3 Å². The number of aromatic hydroxyl groups is 1. The first-order valence-corrected chi connectivity index (χ1v) is 16.7. The summed E-state index contributed by atoms with van der Waals surface area (Å²) in [5.41, 5.74) is 5.58. The summed E-state index contributed by atoms with van der Waals surface area (Å²) in [6.07, 6.45) is 3.38. The molecule has 14 heteroatoms.